The van der Waals surface area contributed by atoms with Gasteiger partial charge in [-0.05, 0) is 70.6 Å². The smallest absolute Gasteiger partial charge is 0.277 e. The first kappa shape index (κ1) is 24.9. The fourth-order valence-corrected chi connectivity index (χ4v) is 9.96. The predicted molar refractivity (Wildman–Crippen MR) is 171 cm³/mol. The van der Waals surface area contributed by atoms with Crippen LogP contribution in [0.1, 0.15) is 40.3 Å². The molecular formula is C33H27N3O2S3. The summed E-state index contributed by atoms with van der Waals surface area (Å²) in [6, 6.07) is 26.8. The van der Waals surface area contributed by atoms with Gasteiger partial charge >= 0.3 is 0 Å². The second-order valence-corrected chi connectivity index (χ2v) is 14.8. The number of aromatic nitrogens is 2. The zero-order valence-electron chi connectivity index (χ0n) is 22.1. The molecule has 7 aromatic rings. The van der Waals surface area contributed by atoms with Crippen LogP contribution in [0.15, 0.2) is 101 Å². The average molecular weight is 594 g/mol. The summed E-state index contributed by atoms with van der Waals surface area (Å²) in [6.07, 6.45) is 6.73. The summed E-state index contributed by atoms with van der Waals surface area (Å²) in [5.41, 5.74) is 6.47. The molecule has 1 aliphatic heterocycles. The van der Waals surface area contributed by atoms with Gasteiger partial charge in [0.1, 0.15) is 4.21 Å². The summed E-state index contributed by atoms with van der Waals surface area (Å²) in [7, 11) is -3.73. The quantitative estimate of drug-likeness (QED) is 0.210. The molecule has 0 spiro atoms. The molecule has 204 valence electrons. The number of hydrogen-bond acceptors (Lipinski definition) is 5. The van der Waals surface area contributed by atoms with E-state index in [-0.39, 0.29) is 5.92 Å². The van der Waals surface area contributed by atoms with Gasteiger partial charge in [-0.25, -0.2) is 3.97 Å². The normalized spacial score (nSPS) is 15.8. The third-order valence-corrected chi connectivity index (χ3v) is 12.4. The molecule has 0 aliphatic carbocycles. The van der Waals surface area contributed by atoms with Crippen molar-refractivity contribution in [3.63, 3.8) is 0 Å². The van der Waals surface area contributed by atoms with Crippen LogP contribution < -0.4 is 5.32 Å². The highest BCUT2D eigenvalue weighted by molar-refractivity contribution is 7.92. The summed E-state index contributed by atoms with van der Waals surface area (Å²) in [4.78, 5) is 4.69. The van der Waals surface area contributed by atoms with Crippen molar-refractivity contribution in [2.75, 3.05) is 11.9 Å². The molecule has 8 heteroatoms. The summed E-state index contributed by atoms with van der Waals surface area (Å²) < 4.78 is 30.9. The number of thiophene rings is 2. The Morgan fingerprint density at radius 1 is 0.951 bits per heavy atom. The molecular weight excluding hydrogens is 567 g/mol. The van der Waals surface area contributed by atoms with Crippen molar-refractivity contribution < 1.29 is 8.42 Å². The van der Waals surface area contributed by atoms with Gasteiger partial charge in [-0.15, -0.1) is 22.7 Å². The lowest BCUT2D eigenvalue weighted by molar-refractivity contribution is 0.591. The SMILES string of the molecule is O=S(=O)(c1cccs1)n1cc(Cc2cc3ccccc3s2)c2c3c(ccc21)C(c1c[nH]c2ccccc12)CCCN3. The Kier molecular flexibility index (Phi) is 5.84. The summed E-state index contributed by atoms with van der Waals surface area (Å²) >= 11 is 3.03. The number of nitrogens with one attached hydrogen (secondary N) is 2. The number of rotatable bonds is 5. The van der Waals surface area contributed by atoms with Gasteiger partial charge in [0.15, 0.2) is 0 Å². The van der Waals surface area contributed by atoms with Crippen molar-refractivity contribution in [1.82, 2.24) is 8.96 Å². The van der Waals surface area contributed by atoms with E-state index < -0.39 is 10.0 Å². The molecule has 0 bridgehead atoms. The third kappa shape index (κ3) is 4.04. The van der Waals surface area contributed by atoms with Gasteiger partial charge in [-0.1, -0.05) is 48.5 Å². The maximum absolute atomic E-state index is 13.9. The number of hydrogen-bond donors (Lipinski definition) is 2. The lowest BCUT2D eigenvalue weighted by Gasteiger charge is -2.19. The Morgan fingerprint density at radius 3 is 2.71 bits per heavy atom. The monoisotopic (exact) mass is 593 g/mol. The van der Waals surface area contributed by atoms with Gasteiger partial charge in [-0.2, -0.15) is 8.42 Å². The molecule has 41 heavy (non-hydrogen) atoms. The van der Waals surface area contributed by atoms with E-state index in [4.69, 9.17) is 0 Å². The minimum absolute atomic E-state index is 0.204. The fourth-order valence-electron chi connectivity index (χ4n) is 6.41. The van der Waals surface area contributed by atoms with Crippen molar-refractivity contribution in [3.05, 3.63) is 118 Å². The molecule has 4 aromatic heterocycles. The van der Waals surface area contributed by atoms with E-state index in [1.807, 2.05) is 17.6 Å². The molecule has 5 heterocycles. The first-order chi connectivity index (χ1) is 20.1. The van der Waals surface area contributed by atoms with Gasteiger partial charge < -0.3 is 10.3 Å². The molecule has 5 nitrogen and oxygen atoms in total. The topological polar surface area (TPSA) is 66.9 Å². The van der Waals surface area contributed by atoms with E-state index in [9.17, 15) is 8.42 Å². The third-order valence-electron chi connectivity index (χ3n) is 8.24. The van der Waals surface area contributed by atoms with Crippen LogP contribution in [0.25, 0.3) is 31.9 Å². The molecule has 0 saturated carbocycles. The molecule has 0 fully saturated rings. The number of anilines is 1. The van der Waals surface area contributed by atoms with E-state index >= 15 is 0 Å². The fraction of sp³-hybridized carbons (Fsp3) is 0.152. The second kappa shape index (κ2) is 9.62. The molecule has 8 rings (SSSR count). The molecule has 0 amide bonds. The first-order valence-corrected chi connectivity index (χ1v) is 16.9. The van der Waals surface area contributed by atoms with Crippen LogP contribution in [0, 0.1) is 0 Å². The van der Waals surface area contributed by atoms with Gasteiger partial charge in [0.05, 0.1) is 5.52 Å². The Balaban J connectivity index is 1.36. The van der Waals surface area contributed by atoms with Crippen molar-refractivity contribution in [2.24, 2.45) is 0 Å². The van der Waals surface area contributed by atoms with Crippen LogP contribution in [-0.4, -0.2) is 23.9 Å². The first-order valence-electron chi connectivity index (χ1n) is 13.8. The van der Waals surface area contributed by atoms with Crippen molar-refractivity contribution >= 4 is 70.3 Å². The van der Waals surface area contributed by atoms with E-state index in [0.717, 1.165) is 47.1 Å². The van der Waals surface area contributed by atoms with Crippen LogP contribution in [0.5, 0.6) is 0 Å². The maximum atomic E-state index is 13.9. The molecule has 1 unspecified atom stereocenters. The predicted octanol–water partition coefficient (Wildman–Crippen LogP) is 8.56. The van der Waals surface area contributed by atoms with Crippen molar-refractivity contribution in [3.8, 4) is 0 Å². The highest BCUT2D eigenvalue weighted by Crippen LogP contribution is 2.45. The number of H-pyrrole nitrogens is 1. The van der Waals surface area contributed by atoms with Gasteiger partial charge in [0.25, 0.3) is 10.0 Å². The van der Waals surface area contributed by atoms with Crippen LogP contribution in [0.3, 0.4) is 0 Å². The zero-order chi connectivity index (χ0) is 27.6. The highest BCUT2D eigenvalue weighted by atomic mass is 32.2. The average Bonchev–Trinajstić information content (AvgIpc) is 3.78. The van der Waals surface area contributed by atoms with E-state index in [2.05, 4.69) is 77.2 Å². The lowest BCUT2D eigenvalue weighted by Crippen LogP contribution is -2.10. The molecule has 1 atom stereocenters. The molecule has 2 N–H and O–H groups in total. The highest BCUT2D eigenvalue weighted by Gasteiger charge is 2.29. The molecule has 1 aliphatic rings. The van der Waals surface area contributed by atoms with Gasteiger partial charge in [-0.3, -0.25) is 0 Å². The standard InChI is InChI=1S/C33H27N3O2S3/c37-41(38,31-12-6-16-39-31)36-20-22(18-23-17-21-7-1-4-11-30(21)40-23)32-29(36)14-13-26-24(9-5-15-34-33(26)32)27-19-35-28-10-3-2-8-25(27)28/h1-4,6-8,10-14,16-17,19-20,24,34-35H,5,9,15,18H2. The van der Waals surface area contributed by atoms with Crippen molar-refractivity contribution in [1.29, 1.82) is 0 Å². The van der Waals surface area contributed by atoms with Crippen LogP contribution >= 0.6 is 22.7 Å². The Hall–Kier alpha value is -3.85. The largest absolute Gasteiger partial charge is 0.384 e. The van der Waals surface area contributed by atoms with Gasteiger partial charge in [0.2, 0.25) is 0 Å². The summed E-state index contributed by atoms with van der Waals surface area (Å²) in [6.45, 7) is 0.843. The van der Waals surface area contributed by atoms with E-state index in [1.165, 1.54) is 46.8 Å². The van der Waals surface area contributed by atoms with Gasteiger partial charge in [0, 0.05) is 62.8 Å². The number of nitrogens with zero attached hydrogens (tertiary/aromatic N) is 1. The number of aromatic amines is 1. The second-order valence-electron chi connectivity index (χ2n) is 10.6. The van der Waals surface area contributed by atoms with E-state index in [0.29, 0.717) is 10.6 Å². The molecule has 0 radical (unpaired) electrons. The Morgan fingerprint density at radius 2 is 1.83 bits per heavy atom. The molecule has 0 saturated heterocycles. The minimum atomic E-state index is -3.73. The zero-order valence-corrected chi connectivity index (χ0v) is 24.6. The number of benzene rings is 3. The van der Waals surface area contributed by atoms with Crippen LogP contribution in [0.4, 0.5) is 5.69 Å². The number of fused-ring (bicyclic) bond motifs is 5. The maximum Gasteiger partial charge on any atom is 0.277 e. The Labute approximate surface area is 246 Å². The lowest BCUT2D eigenvalue weighted by atomic mass is 9.86. The van der Waals surface area contributed by atoms with Crippen molar-refractivity contribution in [2.45, 2.75) is 29.4 Å². The minimum Gasteiger partial charge on any atom is -0.384 e. The summed E-state index contributed by atoms with van der Waals surface area (Å²) in [5, 5.41) is 9.04. The van der Waals surface area contributed by atoms with Crippen LogP contribution in [-0.2, 0) is 16.4 Å². The summed E-state index contributed by atoms with van der Waals surface area (Å²) in [5.74, 6) is 0.204. The Bertz CT molecular complexity index is 2130. The number of para-hydroxylation sites is 1. The molecule has 3 aromatic carbocycles. The van der Waals surface area contributed by atoms with E-state index in [1.54, 1.807) is 23.5 Å². The van der Waals surface area contributed by atoms with Crippen LogP contribution in [0.2, 0.25) is 0 Å².